The van der Waals surface area contributed by atoms with Crippen molar-refractivity contribution in [2.75, 3.05) is 23.5 Å². The van der Waals surface area contributed by atoms with Gasteiger partial charge in [-0.25, -0.2) is 13.2 Å². The lowest BCUT2D eigenvalue weighted by Crippen LogP contribution is -2.42. The van der Waals surface area contributed by atoms with Gasteiger partial charge in [0.25, 0.3) is 5.91 Å². The van der Waals surface area contributed by atoms with Gasteiger partial charge in [0.2, 0.25) is 12.0 Å². The van der Waals surface area contributed by atoms with E-state index in [1.165, 1.54) is 107 Å². The number of ketones is 1. The minimum Gasteiger partial charge on any atom is -0.471 e. The average Bonchev–Trinajstić information content (AvgIpc) is 3.08. The van der Waals surface area contributed by atoms with E-state index in [4.69, 9.17) is 21.1 Å². The number of rotatable bonds is 24. The summed E-state index contributed by atoms with van der Waals surface area (Å²) in [6.07, 6.45) is 16.5. The summed E-state index contributed by atoms with van der Waals surface area (Å²) in [4.78, 5) is 52.3. The summed E-state index contributed by atoms with van der Waals surface area (Å²) in [6, 6.07) is 8.06. The molecule has 0 bridgehead atoms. The largest absolute Gasteiger partial charge is 0.471 e. The average molecular weight is 791 g/mol. The molecular formula is C42H63ClN2O8S. The number of benzene rings is 2. The molecule has 0 heterocycles. The van der Waals surface area contributed by atoms with Gasteiger partial charge in [-0.1, -0.05) is 137 Å². The smallest absolute Gasteiger partial charge is 0.338 e. The van der Waals surface area contributed by atoms with Crippen molar-refractivity contribution >= 4 is 56.4 Å². The van der Waals surface area contributed by atoms with Gasteiger partial charge in [0.1, 0.15) is 5.75 Å². The zero-order valence-corrected chi connectivity index (χ0v) is 35.3. The molecule has 1 atom stereocenters. The zero-order chi connectivity index (χ0) is 40.5. The van der Waals surface area contributed by atoms with Crippen LogP contribution in [0.3, 0.4) is 0 Å². The zero-order valence-electron chi connectivity index (χ0n) is 33.7. The van der Waals surface area contributed by atoms with Crippen LogP contribution in [0.15, 0.2) is 41.3 Å². The summed E-state index contributed by atoms with van der Waals surface area (Å²) in [5.41, 5.74) is -1.17. The van der Waals surface area contributed by atoms with Gasteiger partial charge in [0.15, 0.2) is 15.6 Å². The number of nitrogens with one attached hydrogen (secondary N) is 2. The van der Waals surface area contributed by atoms with Crippen LogP contribution in [0.4, 0.5) is 11.4 Å². The molecule has 2 amide bonds. The molecule has 0 spiro atoms. The number of amides is 2. The van der Waals surface area contributed by atoms with Crippen LogP contribution in [0, 0.1) is 10.8 Å². The molecule has 1 unspecified atom stereocenters. The Bertz CT molecular complexity index is 1670. The minimum atomic E-state index is -3.68. The number of hydrogen-bond acceptors (Lipinski definition) is 8. The molecule has 10 nitrogen and oxygen atoms in total. The van der Waals surface area contributed by atoms with Crippen molar-refractivity contribution < 1.29 is 37.1 Å². The van der Waals surface area contributed by atoms with Crippen LogP contribution >= 0.6 is 11.6 Å². The maximum absolute atomic E-state index is 13.5. The summed E-state index contributed by atoms with van der Waals surface area (Å²) in [5.74, 6) is -2.65. The number of ether oxygens (including phenoxy) is 2. The molecule has 0 aliphatic carbocycles. The highest BCUT2D eigenvalue weighted by Gasteiger charge is 2.40. The summed E-state index contributed by atoms with van der Waals surface area (Å²) in [6.45, 7) is 12.9. The number of unbranched alkanes of at least 4 members (excludes halogenated alkanes) is 13. The van der Waals surface area contributed by atoms with Gasteiger partial charge in [0.05, 0.1) is 33.5 Å². The van der Waals surface area contributed by atoms with E-state index in [-0.39, 0.29) is 39.2 Å². The Kier molecular flexibility index (Phi) is 19.2. The van der Waals surface area contributed by atoms with Crippen LogP contribution in [0.5, 0.6) is 5.75 Å². The number of sulfone groups is 1. The van der Waals surface area contributed by atoms with Crippen molar-refractivity contribution in [2.24, 2.45) is 10.8 Å². The van der Waals surface area contributed by atoms with Crippen LogP contribution in [-0.2, 0) is 29.0 Å². The first-order chi connectivity index (χ1) is 25.3. The van der Waals surface area contributed by atoms with E-state index in [2.05, 4.69) is 17.6 Å². The lowest BCUT2D eigenvalue weighted by atomic mass is 9.68. The van der Waals surface area contributed by atoms with Gasteiger partial charge in [0, 0.05) is 11.7 Å². The minimum absolute atomic E-state index is 0.0270. The Morgan fingerprint density at radius 3 is 1.78 bits per heavy atom. The van der Waals surface area contributed by atoms with E-state index in [0.29, 0.717) is 0 Å². The van der Waals surface area contributed by atoms with Crippen LogP contribution in [-0.4, -0.2) is 51.0 Å². The van der Waals surface area contributed by atoms with Gasteiger partial charge in [-0.3, -0.25) is 14.4 Å². The van der Waals surface area contributed by atoms with E-state index >= 15 is 0 Å². The number of hydrogen-bond donors (Lipinski definition) is 2. The van der Waals surface area contributed by atoms with Crippen LogP contribution in [0.1, 0.15) is 149 Å². The standard InChI is InChI=1S/C42H63ClN2O8S/c1-9-10-11-12-13-14-15-16-17-18-19-20-21-22-27-52-39(48)31-23-25-33(43)34(28-31)44-38(47)37(30(2)46)53-36-26-24-32(54(8,50)51)29-35(36)45-40(49)42(6,7)41(3,4)5/h23-26,28-29,37H,9-22,27H2,1-8H3,(H,44,47)(H,45,49). The van der Waals surface area contributed by atoms with Crippen molar-refractivity contribution in [3.63, 3.8) is 0 Å². The molecule has 0 radical (unpaired) electrons. The lowest BCUT2D eigenvalue weighted by molar-refractivity contribution is -0.133. The molecule has 0 aliphatic rings. The third-order valence-corrected chi connectivity index (χ3v) is 11.6. The highest BCUT2D eigenvalue weighted by atomic mass is 35.5. The molecule has 2 aromatic rings. The molecule has 2 N–H and O–H groups in total. The number of carbonyl (C=O) groups excluding carboxylic acids is 4. The maximum Gasteiger partial charge on any atom is 0.338 e. The molecule has 0 fully saturated rings. The summed E-state index contributed by atoms with van der Waals surface area (Å²) in [7, 11) is -3.68. The highest BCUT2D eigenvalue weighted by Crippen LogP contribution is 2.40. The Labute approximate surface area is 328 Å². The molecule has 0 aliphatic heterocycles. The molecule has 0 saturated carbocycles. The van der Waals surface area contributed by atoms with Gasteiger partial charge in [-0.05, 0) is 55.2 Å². The fraction of sp³-hybridized carbons (Fsp3) is 0.619. The molecule has 302 valence electrons. The number of halogens is 1. The van der Waals surface area contributed by atoms with Gasteiger partial charge >= 0.3 is 5.97 Å². The molecule has 54 heavy (non-hydrogen) atoms. The second kappa shape index (κ2) is 22.2. The van der Waals surface area contributed by atoms with Crippen LogP contribution < -0.4 is 15.4 Å². The van der Waals surface area contributed by atoms with Crippen molar-refractivity contribution in [1.82, 2.24) is 0 Å². The first-order valence-electron chi connectivity index (χ1n) is 19.4. The number of carbonyl (C=O) groups is 4. The van der Waals surface area contributed by atoms with E-state index in [9.17, 15) is 27.6 Å². The summed E-state index contributed by atoms with van der Waals surface area (Å²) >= 11 is 6.36. The fourth-order valence-electron chi connectivity index (χ4n) is 5.50. The van der Waals surface area contributed by atoms with Gasteiger partial charge in [-0.2, -0.15) is 0 Å². The molecule has 2 rings (SSSR count). The fourth-order valence-corrected chi connectivity index (χ4v) is 6.31. The Morgan fingerprint density at radius 1 is 0.741 bits per heavy atom. The quantitative estimate of drug-likeness (QED) is 0.0607. The van der Waals surface area contributed by atoms with E-state index in [0.717, 1.165) is 32.4 Å². The topological polar surface area (TPSA) is 145 Å². The first kappa shape index (κ1) is 46.7. The normalized spacial score (nSPS) is 12.5. The van der Waals surface area contributed by atoms with Crippen molar-refractivity contribution in [2.45, 2.75) is 149 Å². The molecule has 0 aromatic heterocycles. The Hall–Kier alpha value is -3.44. The van der Waals surface area contributed by atoms with Gasteiger partial charge < -0.3 is 20.1 Å². The first-order valence-corrected chi connectivity index (χ1v) is 21.7. The van der Waals surface area contributed by atoms with Crippen molar-refractivity contribution in [1.29, 1.82) is 0 Å². The van der Waals surface area contributed by atoms with E-state index < -0.39 is 50.3 Å². The third kappa shape index (κ3) is 15.4. The number of Topliss-reactive ketones (excluding diaryl/α,β-unsaturated/α-hetero) is 1. The highest BCUT2D eigenvalue weighted by molar-refractivity contribution is 7.90. The van der Waals surface area contributed by atoms with E-state index in [1.54, 1.807) is 13.8 Å². The monoisotopic (exact) mass is 790 g/mol. The summed E-state index contributed by atoms with van der Waals surface area (Å²) in [5, 5.41) is 5.41. The number of anilines is 2. The van der Waals surface area contributed by atoms with Crippen LogP contribution in [0.2, 0.25) is 5.02 Å². The second-order valence-electron chi connectivity index (χ2n) is 15.8. The second-order valence-corrected chi connectivity index (χ2v) is 18.2. The Balaban J connectivity index is 1.99. The number of esters is 1. The van der Waals surface area contributed by atoms with Crippen LogP contribution in [0.25, 0.3) is 0 Å². The van der Waals surface area contributed by atoms with E-state index in [1.807, 2.05) is 20.8 Å². The third-order valence-electron chi connectivity index (χ3n) is 10.1. The molecule has 12 heteroatoms. The predicted octanol–water partition coefficient (Wildman–Crippen LogP) is 10.4. The summed E-state index contributed by atoms with van der Waals surface area (Å²) < 4.78 is 36.0. The van der Waals surface area contributed by atoms with Crippen molar-refractivity contribution in [3.05, 3.63) is 47.0 Å². The molecular weight excluding hydrogens is 728 g/mol. The Morgan fingerprint density at radius 2 is 1.28 bits per heavy atom. The van der Waals surface area contributed by atoms with Crippen molar-refractivity contribution in [3.8, 4) is 5.75 Å². The predicted molar refractivity (Wildman–Crippen MR) is 217 cm³/mol. The SMILES string of the molecule is CCCCCCCCCCCCCCCCOC(=O)c1ccc(Cl)c(NC(=O)C(Oc2ccc(S(C)(=O)=O)cc2NC(=O)C(C)(C)C(C)(C)C)C(C)=O)c1. The maximum atomic E-state index is 13.5. The molecule has 2 aromatic carbocycles. The van der Waals surface area contributed by atoms with Gasteiger partial charge in [-0.15, -0.1) is 0 Å². The molecule has 0 saturated heterocycles. The lowest BCUT2D eigenvalue weighted by Gasteiger charge is -2.37.